The second-order valence-electron chi connectivity index (χ2n) is 25.4. The quantitative estimate of drug-likeness (QED) is 0.0402. The number of phenols is 1. The first-order valence-electron chi connectivity index (χ1n) is 33.9. The van der Waals surface area contributed by atoms with Crippen LogP contribution in [0, 0.1) is 5.92 Å². The van der Waals surface area contributed by atoms with Crippen LogP contribution in [0.4, 0.5) is 0 Å². The number of amides is 12. The minimum absolute atomic E-state index is 0.0236. The number of primary amides is 1. The second-order valence-corrected chi connectivity index (χ2v) is 25.4. The molecule has 6 rings (SSSR count). The predicted octanol–water partition coefficient (Wildman–Crippen LogP) is 0.516. The monoisotopic (exact) mass is 1350 g/mol. The van der Waals surface area contributed by atoms with Gasteiger partial charge in [0.25, 0.3) is 0 Å². The van der Waals surface area contributed by atoms with Crippen molar-refractivity contribution in [1.29, 1.82) is 0 Å². The van der Waals surface area contributed by atoms with Gasteiger partial charge < -0.3 is 80.4 Å². The molecule has 27 heteroatoms. The molecule has 4 aromatic carbocycles. The van der Waals surface area contributed by atoms with Crippen LogP contribution in [0.2, 0.25) is 0 Å². The van der Waals surface area contributed by atoms with Crippen LogP contribution in [0.5, 0.6) is 5.75 Å². The Labute approximate surface area is 572 Å². The third kappa shape index (κ3) is 25.3. The zero-order chi connectivity index (χ0) is 71.1. The summed E-state index contributed by atoms with van der Waals surface area (Å²) in [5.74, 6) is -10.5. The van der Waals surface area contributed by atoms with Gasteiger partial charge in [-0.25, -0.2) is 0 Å². The van der Waals surface area contributed by atoms with Gasteiger partial charge in [-0.05, 0) is 124 Å². The number of hydrogen-bond donors (Lipinski definition) is 14. The zero-order valence-electron chi connectivity index (χ0n) is 56.2. The number of rotatable bonds is 25. The molecule has 530 valence electrons. The molecule has 17 N–H and O–H groups in total. The van der Waals surface area contributed by atoms with Crippen molar-refractivity contribution in [3.8, 4) is 5.75 Å². The van der Waals surface area contributed by atoms with Crippen LogP contribution in [0.3, 0.4) is 0 Å². The molecule has 0 aromatic heterocycles. The molecule has 4 aromatic rings. The maximum atomic E-state index is 15.2. The van der Waals surface area contributed by atoms with E-state index in [1.54, 1.807) is 97.9 Å². The number of fused-ring (bicyclic) bond motifs is 1. The highest BCUT2D eigenvalue weighted by Gasteiger charge is 2.42. The Bertz CT molecular complexity index is 3310. The molecule has 0 aliphatic carbocycles. The number of carbonyl (C=O) groups excluding carboxylic acids is 12. The number of benzene rings is 4. The first-order valence-corrected chi connectivity index (χ1v) is 33.9. The lowest BCUT2D eigenvalue weighted by Gasteiger charge is -2.32. The van der Waals surface area contributed by atoms with Crippen LogP contribution in [0.15, 0.2) is 115 Å². The van der Waals surface area contributed by atoms with Gasteiger partial charge in [-0.15, -0.1) is 0 Å². The van der Waals surface area contributed by atoms with E-state index in [4.69, 9.17) is 17.2 Å². The lowest BCUT2D eigenvalue weighted by Crippen LogP contribution is -2.62. The van der Waals surface area contributed by atoms with Crippen molar-refractivity contribution in [2.24, 2.45) is 23.1 Å². The first-order chi connectivity index (χ1) is 47.0. The Kier molecular flexibility index (Phi) is 31.6. The maximum Gasteiger partial charge on any atom is 0.246 e. The predicted molar refractivity (Wildman–Crippen MR) is 366 cm³/mol. The molecule has 2 aliphatic rings. The van der Waals surface area contributed by atoms with Crippen molar-refractivity contribution in [2.45, 2.75) is 190 Å². The minimum atomic E-state index is -1.79. The van der Waals surface area contributed by atoms with E-state index in [1.807, 2.05) is 13.8 Å². The van der Waals surface area contributed by atoms with E-state index in [2.05, 4.69) is 53.2 Å². The number of nitrogens with two attached hydrogens (primary N) is 3. The fraction of sp³-hybridized carbons (Fsp3) is 0.493. The van der Waals surface area contributed by atoms with Gasteiger partial charge in [0, 0.05) is 45.2 Å². The number of aromatic hydroxyl groups is 1. The molecule has 0 radical (unpaired) electrons. The number of nitrogens with one attached hydrogen (secondary N) is 10. The average Bonchev–Trinajstić information content (AvgIpc) is 1.58. The molecule has 2 saturated heterocycles. The van der Waals surface area contributed by atoms with Crippen LogP contribution in [-0.2, 0) is 83.2 Å². The van der Waals surface area contributed by atoms with Crippen LogP contribution in [0.25, 0.3) is 0 Å². The number of hydrogen-bond acceptors (Lipinski definition) is 15. The normalized spacial score (nSPS) is 23.1. The lowest BCUT2D eigenvalue weighted by atomic mass is 9.99. The van der Waals surface area contributed by atoms with E-state index in [1.165, 1.54) is 29.2 Å². The Hall–Kier alpha value is -9.76. The van der Waals surface area contributed by atoms with Crippen molar-refractivity contribution < 1.29 is 62.6 Å². The van der Waals surface area contributed by atoms with Crippen molar-refractivity contribution in [3.05, 3.63) is 138 Å². The summed E-state index contributed by atoms with van der Waals surface area (Å²) >= 11 is 0. The summed E-state index contributed by atoms with van der Waals surface area (Å²) in [6.45, 7) is 6.17. The molecule has 0 saturated carbocycles. The molecule has 12 amide bonds. The summed E-state index contributed by atoms with van der Waals surface area (Å²) < 4.78 is 0. The van der Waals surface area contributed by atoms with Crippen molar-refractivity contribution in [2.75, 3.05) is 26.2 Å². The summed E-state index contributed by atoms with van der Waals surface area (Å²) in [5, 5.41) is 37.7. The van der Waals surface area contributed by atoms with Crippen molar-refractivity contribution in [1.82, 2.24) is 58.1 Å². The lowest BCUT2D eigenvalue weighted by molar-refractivity contribution is -0.142. The third-order valence-electron chi connectivity index (χ3n) is 17.0. The molecule has 98 heavy (non-hydrogen) atoms. The summed E-state index contributed by atoms with van der Waals surface area (Å²) in [6, 6.07) is 17.3. The Morgan fingerprint density at radius 2 is 0.847 bits per heavy atom. The van der Waals surface area contributed by atoms with E-state index < -0.39 is 151 Å². The van der Waals surface area contributed by atoms with Crippen LogP contribution in [0.1, 0.15) is 126 Å². The molecule has 27 nitrogen and oxygen atoms in total. The van der Waals surface area contributed by atoms with E-state index in [0.29, 0.717) is 60.8 Å². The molecular weight excluding hydrogens is 1260 g/mol. The van der Waals surface area contributed by atoms with Crippen LogP contribution in [-0.4, -0.2) is 167 Å². The van der Waals surface area contributed by atoms with E-state index in [9.17, 15) is 48.3 Å². The maximum absolute atomic E-state index is 15.2. The third-order valence-corrected chi connectivity index (χ3v) is 17.0. The molecule has 0 unspecified atom stereocenters. The Morgan fingerprint density at radius 1 is 0.480 bits per heavy atom. The Balaban J connectivity index is 1.50. The van der Waals surface area contributed by atoms with Gasteiger partial charge in [-0.3, -0.25) is 57.5 Å². The Morgan fingerprint density at radius 3 is 1.29 bits per heavy atom. The van der Waals surface area contributed by atoms with Crippen molar-refractivity contribution in [3.63, 3.8) is 0 Å². The second kappa shape index (κ2) is 40.1. The molecule has 10 atom stereocenters. The van der Waals surface area contributed by atoms with Gasteiger partial charge in [-0.1, -0.05) is 124 Å². The van der Waals surface area contributed by atoms with Crippen LogP contribution >= 0.6 is 0 Å². The molecular formula is C71H98N14O13. The highest BCUT2D eigenvalue weighted by molar-refractivity contribution is 6.01. The summed E-state index contributed by atoms with van der Waals surface area (Å²) in [7, 11) is 0. The fourth-order valence-corrected chi connectivity index (χ4v) is 11.7. The summed E-state index contributed by atoms with van der Waals surface area (Å²) in [5.41, 5.74) is 19.6. The SMILES string of the molecule is CCCNC(=O)C[C@@H]1NC(=O)[C@@H](Cc2ccccc2)NC(=O)[C@H](Cc2ccccc2)NC(=O)[C@@H]2CCCN2C(=O)[C@@H](Cc2ccccc2)NC(=O)[C@H](CC(C)C)NC(=O)[C@H](CCCCN)NC(=O)[C@H](CCCCN)NC(=O)[C@H](Cc2ccc(O)cc2)NC(=O)[C@H](CCC(N)=O)NC1=O. The first kappa shape index (κ1) is 77.2. The number of unbranched alkanes of at least 4 members (excludes halogenated alkanes) is 2. The van der Waals surface area contributed by atoms with E-state index >= 15 is 14.4 Å². The average molecular weight is 1360 g/mol. The van der Waals surface area contributed by atoms with Gasteiger partial charge in [0.15, 0.2) is 0 Å². The van der Waals surface area contributed by atoms with Crippen molar-refractivity contribution >= 4 is 70.9 Å². The highest BCUT2D eigenvalue weighted by atomic mass is 16.3. The number of carbonyl (C=O) groups is 12. The van der Waals surface area contributed by atoms with Crippen LogP contribution < -0.4 is 70.4 Å². The van der Waals surface area contributed by atoms with E-state index in [-0.39, 0.29) is 89.2 Å². The standard InChI is InChI=1S/C71H98N14O13/c1-4-36-75-61(88)43-57-69(96)78-52(32-33-60(74)87)64(91)80-55(41-48-28-30-49(86)31-29-48)66(93)77-50(25-14-16-34-72)62(89)76-51(26-15-17-35-73)63(90)79-53(38-44(2)3)65(92)84-58(42-47-23-12-7-13-24-47)71(98)85-37-18-27-59(85)70(97)83-56(40-46-21-10-6-11-22-46)68(95)81-54(67(94)82-57)39-45-19-8-5-9-20-45/h5-13,19-24,28-31,44,50-59,86H,4,14-18,25-27,32-43,72-73H2,1-3H3,(H2,74,87)(H,75,88)(H,76,89)(H,77,93)(H,78,96)(H,79,90)(H,80,91)(H,81,95)(H,82,94)(H,83,97)(H,84,92)/t50-,51-,52-,53-,54+,55-,56-,57-,58+,59-/m0/s1. The van der Waals surface area contributed by atoms with Gasteiger partial charge in [0.05, 0.1) is 6.42 Å². The molecule has 2 aliphatic heterocycles. The molecule has 2 heterocycles. The summed E-state index contributed by atoms with van der Waals surface area (Å²) in [6.07, 6.45) is 0.212. The highest BCUT2D eigenvalue weighted by Crippen LogP contribution is 2.22. The molecule has 2 fully saturated rings. The zero-order valence-corrected chi connectivity index (χ0v) is 56.2. The van der Waals surface area contributed by atoms with E-state index in [0.717, 1.165) is 0 Å². The molecule has 0 spiro atoms. The van der Waals surface area contributed by atoms with Gasteiger partial charge in [0.2, 0.25) is 70.9 Å². The molecule has 0 bridgehead atoms. The fourth-order valence-electron chi connectivity index (χ4n) is 11.7. The van der Waals surface area contributed by atoms with Gasteiger partial charge in [-0.2, -0.15) is 0 Å². The summed E-state index contributed by atoms with van der Waals surface area (Å²) in [4.78, 5) is 177. The van der Waals surface area contributed by atoms with Gasteiger partial charge in [0.1, 0.15) is 66.2 Å². The number of phenolic OH excluding ortho intramolecular Hbond substituents is 1. The van der Waals surface area contributed by atoms with Gasteiger partial charge >= 0.3 is 0 Å². The minimum Gasteiger partial charge on any atom is -0.508 e. The number of nitrogens with zero attached hydrogens (tertiary/aromatic N) is 1. The largest absolute Gasteiger partial charge is 0.508 e. The smallest absolute Gasteiger partial charge is 0.246 e. The topological polar surface area (TPSA) is 427 Å².